The molecule has 0 saturated carbocycles. The maximum absolute atomic E-state index is 12.6. The molecule has 1 amide bonds. The van der Waals surface area contributed by atoms with Gasteiger partial charge < -0.3 is 29.5 Å². The Morgan fingerprint density at radius 1 is 1.10 bits per heavy atom. The van der Waals surface area contributed by atoms with Gasteiger partial charge in [0.2, 0.25) is 0 Å². The fourth-order valence-electron chi connectivity index (χ4n) is 3.87. The molecule has 0 spiro atoms. The van der Waals surface area contributed by atoms with Gasteiger partial charge in [0.1, 0.15) is 25.1 Å². The van der Waals surface area contributed by atoms with E-state index in [1.807, 2.05) is 6.07 Å². The Morgan fingerprint density at radius 2 is 1.81 bits per heavy atom. The first-order valence-electron chi connectivity index (χ1n) is 10.6. The molecular weight excluding hydrogens is 420 g/mol. The maximum Gasteiger partial charge on any atom is 0.258 e. The highest BCUT2D eigenvalue weighted by Gasteiger charge is 2.28. The number of nitrogens with one attached hydrogen (secondary N) is 1. The Labute approximate surface area is 186 Å². The van der Waals surface area contributed by atoms with Gasteiger partial charge in [-0.3, -0.25) is 4.79 Å². The third-order valence-electron chi connectivity index (χ3n) is 5.47. The van der Waals surface area contributed by atoms with Crippen molar-refractivity contribution in [3.8, 4) is 17.2 Å². The van der Waals surface area contributed by atoms with Gasteiger partial charge in [0.15, 0.2) is 18.1 Å². The van der Waals surface area contributed by atoms with Gasteiger partial charge >= 0.3 is 0 Å². The number of aliphatic hydroxyl groups is 1. The minimum atomic E-state index is -0.893. The molecule has 2 N–H and O–H groups in total. The number of rotatable bonds is 8. The van der Waals surface area contributed by atoms with Gasteiger partial charge in [0.05, 0.1) is 6.04 Å². The maximum atomic E-state index is 12.6. The molecule has 7 nitrogen and oxygen atoms in total. The zero-order chi connectivity index (χ0) is 21.6. The number of halogens is 1. The van der Waals surface area contributed by atoms with Gasteiger partial charge in [-0.1, -0.05) is 17.7 Å². The second kappa shape index (κ2) is 10.2. The van der Waals surface area contributed by atoms with Crippen molar-refractivity contribution in [2.75, 3.05) is 39.5 Å². The van der Waals surface area contributed by atoms with E-state index >= 15 is 0 Å². The summed E-state index contributed by atoms with van der Waals surface area (Å²) >= 11 is 5.88. The van der Waals surface area contributed by atoms with Crippen molar-refractivity contribution >= 4 is 17.5 Å². The van der Waals surface area contributed by atoms with Crippen LogP contribution in [0.25, 0.3) is 0 Å². The van der Waals surface area contributed by atoms with Crippen molar-refractivity contribution in [3.63, 3.8) is 0 Å². The molecule has 2 aromatic carbocycles. The monoisotopic (exact) mass is 446 g/mol. The average molecular weight is 447 g/mol. The summed E-state index contributed by atoms with van der Waals surface area (Å²) in [7, 11) is 0. The molecule has 8 heteroatoms. The normalized spacial score (nSPS) is 17.7. The molecule has 0 aromatic heterocycles. The molecule has 2 aliphatic rings. The molecule has 2 heterocycles. The topological polar surface area (TPSA) is 80.3 Å². The van der Waals surface area contributed by atoms with Crippen molar-refractivity contribution in [2.45, 2.75) is 25.0 Å². The lowest BCUT2D eigenvalue weighted by molar-refractivity contribution is -0.124. The fourth-order valence-corrected chi connectivity index (χ4v) is 4.00. The molecule has 4 rings (SSSR count). The third kappa shape index (κ3) is 5.81. The fraction of sp³-hybridized carbons (Fsp3) is 0.435. The molecule has 1 fully saturated rings. The first-order chi connectivity index (χ1) is 15.1. The number of hydrogen-bond acceptors (Lipinski definition) is 6. The van der Waals surface area contributed by atoms with Gasteiger partial charge in [0, 0.05) is 11.6 Å². The summed E-state index contributed by atoms with van der Waals surface area (Å²) in [6.07, 6.45) is 1.36. The van der Waals surface area contributed by atoms with Crippen LogP contribution in [0.15, 0.2) is 42.5 Å². The van der Waals surface area contributed by atoms with E-state index in [1.165, 1.54) is 0 Å². The van der Waals surface area contributed by atoms with Crippen LogP contribution in [0.2, 0.25) is 5.02 Å². The lowest BCUT2D eigenvalue weighted by atomic mass is 10.0. The number of amides is 1. The molecule has 2 aliphatic heterocycles. The number of ether oxygens (including phenoxy) is 3. The van der Waals surface area contributed by atoms with E-state index in [2.05, 4.69) is 10.2 Å². The summed E-state index contributed by atoms with van der Waals surface area (Å²) in [4.78, 5) is 14.9. The molecule has 0 bridgehead atoms. The van der Waals surface area contributed by atoms with Gasteiger partial charge in [0.25, 0.3) is 5.91 Å². The van der Waals surface area contributed by atoms with Crippen LogP contribution in [0, 0.1) is 0 Å². The van der Waals surface area contributed by atoms with Gasteiger partial charge in [-0.15, -0.1) is 0 Å². The number of likely N-dealkylation sites (tertiary alicyclic amines) is 1. The Morgan fingerprint density at radius 3 is 2.55 bits per heavy atom. The van der Waals surface area contributed by atoms with Crippen LogP contribution >= 0.6 is 11.6 Å². The highest BCUT2D eigenvalue weighted by Crippen LogP contribution is 2.33. The zero-order valence-corrected chi connectivity index (χ0v) is 18.0. The number of aliphatic hydroxyl groups excluding tert-OH is 1. The number of fused-ring (bicyclic) bond motifs is 1. The number of carbonyl (C=O) groups is 1. The Hall–Kier alpha value is -2.48. The van der Waals surface area contributed by atoms with Crippen LogP contribution in [-0.2, 0) is 4.79 Å². The first kappa shape index (κ1) is 21.7. The molecule has 2 aromatic rings. The quantitative estimate of drug-likeness (QED) is 0.649. The summed E-state index contributed by atoms with van der Waals surface area (Å²) in [5.74, 6) is 1.54. The van der Waals surface area contributed by atoms with Crippen LogP contribution in [-0.4, -0.2) is 61.4 Å². The number of hydrogen-bond donors (Lipinski definition) is 2. The van der Waals surface area contributed by atoms with Crippen LogP contribution in [0.4, 0.5) is 0 Å². The standard InChI is InChI=1S/C23H27ClN2O5/c24-17-4-6-18(7-5-17)31-15-22(27)25-19(14-26-9-1-2-10-26)23(28)16-3-8-20-21(13-16)30-12-11-29-20/h3-8,13,19,23,28H,1-2,9-12,14-15H2,(H,25,27)/t19-,23-/m1/s1. The van der Waals surface area contributed by atoms with Gasteiger partial charge in [-0.05, 0) is 67.9 Å². The average Bonchev–Trinajstić information content (AvgIpc) is 3.30. The van der Waals surface area contributed by atoms with Crippen molar-refractivity contribution < 1.29 is 24.1 Å². The molecule has 0 unspecified atom stereocenters. The summed E-state index contributed by atoms with van der Waals surface area (Å²) < 4.78 is 16.8. The second-order valence-corrected chi connectivity index (χ2v) is 8.21. The zero-order valence-electron chi connectivity index (χ0n) is 17.3. The van der Waals surface area contributed by atoms with E-state index in [1.54, 1.807) is 36.4 Å². The Bertz CT molecular complexity index is 886. The lowest BCUT2D eigenvalue weighted by Crippen LogP contribution is -2.48. The van der Waals surface area contributed by atoms with Crippen LogP contribution < -0.4 is 19.5 Å². The van der Waals surface area contributed by atoms with E-state index in [0.717, 1.165) is 25.9 Å². The summed E-state index contributed by atoms with van der Waals surface area (Å²) in [6, 6.07) is 11.7. The van der Waals surface area contributed by atoms with E-state index in [4.69, 9.17) is 25.8 Å². The van der Waals surface area contributed by atoms with Crippen molar-refractivity contribution in [1.29, 1.82) is 0 Å². The molecule has 31 heavy (non-hydrogen) atoms. The number of benzene rings is 2. The van der Waals surface area contributed by atoms with Crippen molar-refractivity contribution in [3.05, 3.63) is 53.1 Å². The first-order valence-corrected chi connectivity index (χ1v) is 10.9. The van der Waals surface area contributed by atoms with Gasteiger partial charge in [-0.25, -0.2) is 0 Å². The lowest BCUT2D eigenvalue weighted by Gasteiger charge is -2.29. The second-order valence-electron chi connectivity index (χ2n) is 7.77. The predicted molar refractivity (Wildman–Crippen MR) is 117 cm³/mol. The highest BCUT2D eigenvalue weighted by atomic mass is 35.5. The Kier molecular flexibility index (Phi) is 7.17. The highest BCUT2D eigenvalue weighted by molar-refractivity contribution is 6.30. The van der Waals surface area contributed by atoms with E-state index < -0.39 is 12.1 Å². The number of nitrogens with zero attached hydrogens (tertiary/aromatic N) is 1. The summed E-state index contributed by atoms with van der Waals surface area (Å²) in [6.45, 7) is 3.32. The van der Waals surface area contributed by atoms with Crippen LogP contribution in [0.5, 0.6) is 17.2 Å². The van der Waals surface area contributed by atoms with Crippen LogP contribution in [0.1, 0.15) is 24.5 Å². The largest absolute Gasteiger partial charge is 0.486 e. The molecule has 0 radical (unpaired) electrons. The molecule has 0 aliphatic carbocycles. The van der Waals surface area contributed by atoms with E-state index in [-0.39, 0.29) is 12.5 Å². The van der Waals surface area contributed by atoms with Crippen LogP contribution in [0.3, 0.4) is 0 Å². The summed E-state index contributed by atoms with van der Waals surface area (Å²) in [5.41, 5.74) is 0.673. The van der Waals surface area contributed by atoms with E-state index in [0.29, 0.717) is 47.6 Å². The van der Waals surface area contributed by atoms with Gasteiger partial charge in [-0.2, -0.15) is 0 Å². The minimum Gasteiger partial charge on any atom is -0.486 e. The molecule has 2 atom stereocenters. The Balaban J connectivity index is 1.42. The minimum absolute atomic E-state index is 0.147. The molecule has 1 saturated heterocycles. The molecule has 166 valence electrons. The predicted octanol–water partition coefficient (Wildman–Crippen LogP) is 2.80. The number of carbonyl (C=O) groups excluding carboxylic acids is 1. The third-order valence-corrected chi connectivity index (χ3v) is 5.72. The van der Waals surface area contributed by atoms with Crippen molar-refractivity contribution in [2.24, 2.45) is 0 Å². The molecular formula is C23H27ClN2O5. The van der Waals surface area contributed by atoms with Crippen molar-refractivity contribution in [1.82, 2.24) is 10.2 Å². The summed E-state index contributed by atoms with van der Waals surface area (Å²) in [5, 5.41) is 14.7. The van der Waals surface area contributed by atoms with E-state index in [9.17, 15) is 9.90 Å². The smallest absolute Gasteiger partial charge is 0.258 e. The SMILES string of the molecule is O=C(COc1ccc(Cl)cc1)N[C@H](CN1CCCC1)[C@H](O)c1ccc2c(c1)OCCO2.